The van der Waals surface area contributed by atoms with E-state index >= 15 is 0 Å². The molecule has 0 bridgehead atoms. The van der Waals surface area contributed by atoms with E-state index in [-0.39, 0.29) is 24.7 Å². The number of hydrogen-bond donors (Lipinski definition) is 1. The van der Waals surface area contributed by atoms with Gasteiger partial charge in [0.05, 0.1) is 24.3 Å². The third-order valence-corrected chi connectivity index (χ3v) is 4.72. The number of nitrogens with one attached hydrogen (secondary N) is 1. The van der Waals surface area contributed by atoms with Gasteiger partial charge in [-0.05, 0) is 17.7 Å². The quantitative estimate of drug-likeness (QED) is 0.757. The number of anilines is 3. The van der Waals surface area contributed by atoms with E-state index in [1.165, 1.54) is 17.3 Å². The Morgan fingerprint density at radius 1 is 1.04 bits per heavy atom. The van der Waals surface area contributed by atoms with Gasteiger partial charge in [0.1, 0.15) is 23.8 Å². The number of halogens is 1. The molecule has 6 nitrogen and oxygen atoms in total. The van der Waals surface area contributed by atoms with Crippen LogP contribution in [0.1, 0.15) is 11.1 Å². The van der Waals surface area contributed by atoms with Crippen LogP contribution in [-0.2, 0) is 17.9 Å². The molecule has 2 heterocycles. The molecule has 0 spiro atoms. The summed E-state index contributed by atoms with van der Waals surface area (Å²) in [6.07, 6.45) is 1.48. The van der Waals surface area contributed by atoms with Crippen molar-refractivity contribution >= 4 is 23.2 Å². The van der Waals surface area contributed by atoms with Crippen molar-refractivity contribution in [2.45, 2.75) is 13.1 Å². The zero-order valence-electron chi connectivity index (χ0n) is 15.5. The van der Waals surface area contributed by atoms with Crippen molar-refractivity contribution in [3.05, 3.63) is 77.9 Å². The summed E-state index contributed by atoms with van der Waals surface area (Å²) >= 11 is 0. The molecular weight excluding hydrogens is 357 g/mol. The summed E-state index contributed by atoms with van der Waals surface area (Å²) in [5.74, 6) is 0.673. The second-order valence-corrected chi connectivity index (χ2v) is 6.65. The van der Waals surface area contributed by atoms with Crippen LogP contribution in [0.2, 0.25) is 0 Å². The minimum absolute atomic E-state index is 0.108. The molecule has 4 rings (SSSR count). The molecule has 1 aliphatic rings. The van der Waals surface area contributed by atoms with E-state index in [4.69, 9.17) is 0 Å². The first-order valence-electron chi connectivity index (χ1n) is 9.01. The predicted molar refractivity (Wildman–Crippen MR) is 107 cm³/mol. The minimum atomic E-state index is -0.433. The number of benzene rings is 2. The highest BCUT2D eigenvalue weighted by atomic mass is 19.1. The summed E-state index contributed by atoms with van der Waals surface area (Å²) < 4.78 is 14.4. The van der Waals surface area contributed by atoms with Crippen molar-refractivity contribution in [1.82, 2.24) is 9.97 Å². The number of hydrogen-bond acceptors (Lipinski definition) is 5. The zero-order chi connectivity index (χ0) is 19.5. The van der Waals surface area contributed by atoms with Gasteiger partial charge in [0.25, 0.3) is 0 Å². The minimum Gasteiger partial charge on any atom is -0.366 e. The molecule has 0 unspecified atom stereocenters. The second-order valence-electron chi connectivity index (χ2n) is 6.65. The largest absolute Gasteiger partial charge is 0.366 e. The molecule has 0 atom stereocenters. The van der Waals surface area contributed by atoms with Gasteiger partial charge in [0.2, 0.25) is 5.91 Å². The van der Waals surface area contributed by atoms with E-state index < -0.39 is 5.82 Å². The summed E-state index contributed by atoms with van der Waals surface area (Å²) in [5.41, 5.74) is 2.13. The van der Waals surface area contributed by atoms with E-state index in [1.807, 2.05) is 30.3 Å². The maximum Gasteiger partial charge on any atom is 0.246 e. The summed E-state index contributed by atoms with van der Waals surface area (Å²) in [6, 6.07) is 16.3. The van der Waals surface area contributed by atoms with Crippen LogP contribution in [0.5, 0.6) is 0 Å². The zero-order valence-corrected chi connectivity index (χ0v) is 15.5. The Morgan fingerprint density at radius 3 is 2.57 bits per heavy atom. The first kappa shape index (κ1) is 17.9. The van der Waals surface area contributed by atoms with Gasteiger partial charge >= 0.3 is 0 Å². The lowest BCUT2D eigenvalue weighted by Gasteiger charge is -2.22. The molecule has 1 N–H and O–H groups in total. The summed E-state index contributed by atoms with van der Waals surface area (Å²) in [5, 5.41) is 3.33. The normalized spacial score (nSPS) is 13.9. The number of amides is 1. The molecule has 1 amide bonds. The predicted octanol–water partition coefficient (Wildman–Crippen LogP) is 3.21. The van der Waals surface area contributed by atoms with E-state index in [1.54, 1.807) is 30.1 Å². The number of nitrogens with zero attached hydrogens (tertiary/aromatic N) is 4. The average molecular weight is 377 g/mol. The molecule has 1 aliphatic heterocycles. The molecular formula is C21H20FN5O. The number of para-hydroxylation sites is 1. The van der Waals surface area contributed by atoms with E-state index in [0.29, 0.717) is 18.2 Å². The van der Waals surface area contributed by atoms with Gasteiger partial charge in [0.15, 0.2) is 0 Å². The van der Waals surface area contributed by atoms with Crippen molar-refractivity contribution in [1.29, 1.82) is 0 Å². The Balaban J connectivity index is 1.69. The maximum absolute atomic E-state index is 14.4. The molecule has 0 saturated carbocycles. The van der Waals surface area contributed by atoms with Gasteiger partial charge in [-0.1, -0.05) is 42.5 Å². The van der Waals surface area contributed by atoms with Crippen molar-refractivity contribution in [3.8, 4) is 0 Å². The third kappa shape index (κ3) is 3.51. The number of carbonyl (C=O) groups is 1. The number of fused-ring (bicyclic) bond motifs is 1. The number of rotatable bonds is 4. The molecule has 3 aromatic rings. The van der Waals surface area contributed by atoms with E-state index in [0.717, 1.165) is 11.1 Å². The van der Waals surface area contributed by atoms with Gasteiger partial charge in [-0.2, -0.15) is 0 Å². The molecule has 7 heteroatoms. The van der Waals surface area contributed by atoms with Gasteiger partial charge in [0, 0.05) is 13.6 Å². The summed E-state index contributed by atoms with van der Waals surface area (Å²) in [4.78, 5) is 24.8. The van der Waals surface area contributed by atoms with E-state index in [9.17, 15) is 9.18 Å². The summed E-state index contributed by atoms with van der Waals surface area (Å²) in [6.45, 7) is 0.884. The van der Waals surface area contributed by atoms with Gasteiger partial charge < -0.3 is 15.1 Å². The molecule has 1 aromatic heterocycles. The topological polar surface area (TPSA) is 61.4 Å². The maximum atomic E-state index is 14.4. The van der Waals surface area contributed by atoms with Crippen LogP contribution in [0.3, 0.4) is 0 Å². The Morgan fingerprint density at radius 2 is 1.79 bits per heavy atom. The monoisotopic (exact) mass is 377 g/mol. The molecule has 0 radical (unpaired) electrons. The fourth-order valence-corrected chi connectivity index (χ4v) is 3.31. The van der Waals surface area contributed by atoms with E-state index in [2.05, 4.69) is 15.3 Å². The van der Waals surface area contributed by atoms with Crippen molar-refractivity contribution in [3.63, 3.8) is 0 Å². The fourth-order valence-electron chi connectivity index (χ4n) is 3.31. The molecule has 28 heavy (non-hydrogen) atoms. The van der Waals surface area contributed by atoms with Gasteiger partial charge in [-0.25, -0.2) is 14.4 Å². The lowest BCUT2D eigenvalue weighted by molar-refractivity contribution is -0.117. The second kappa shape index (κ2) is 7.64. The average Bonchev–Trinajstić information content (AvgIpc) is 2.84. The summed E-state index contributed by atoms with van der Waals surface area (Å²) in [7, 11) is 1.80. The highest BCUT2D eigenvalue weighted by Gasteiger charge is 2.29. The Labute approximate surface area is 162 Å². The molecule has 2 aromatic carbocycles. The number of aromatic nitrogens is 2. The van der Waals surface area contributed by atoms with Crippen LogP contribution in [-0.4, -0.2) is 29.5 Å². The first-order chi connectivity index (χ1) is 13.6. The number of likely N-dealkylation sites (N-methyl/N-ethyl adjacent to an activating group) is 1. The highest BCUT2D eigenvalue weighted by Crippen LogP contribution is 2.31. The lowest BCUT2D eigenvalue weighted by atomic mass is 10.2. The Kier molecular flexibility index (Phi) is 4.89. The van der Waals surface area contributed by atoms with Crippen LogP contribution in [0.25, 0.3) is 0 Å². The molecule has 0 aliphatic carbocycles. The molecule has 142 valence electrons. The molecule has 0 saturated heterocycles. The van der Waals surface area contributed by atoms with Crippen molar-refractivity contribution in [2.75, 3.05) is 28.7 Å². The van der Waals surface area contributed by atoms with Crippen molar-refractivity contribution < 1.29 is 9.18 Å². The smallest absolute Gasteiger partial charge is 0.246 e. The van der Waals surface area contributed by atoms with Crippen molar-refractivity contribution in [2.24, 2.45) is 0 Å². The van der Waals surface area contributed by atoms with Crippen LogP contribution >= 0.6 is 0 Å². The Bertz CT molecular complexity index is 995. The fraction of sp³-hybridized carbons (Fsp3) is 0.190. The third-order valence-electron chi connectivity index (χ3n) is 4.72. The van der Waals surface area contributed by atoms with Crippen LogP contribution in [0, 0.1) is 5.82 Å². The first-order valence-corrected chi connectivity index (χ1v) is 9.01. The van der Waals surface area contributed by atoms with Gasteiger partial charge in [-0.3, -0.25) is 4.79 Å². The highest BCUT2D eigenvalue weighted by molar-refractivity contribution is 5.98. The number of carbonyl (C=O) groups excluding carboxylic acids is 1. The Hall–Kier alpha value is -3.48. The SMILES string of the molecule is CN1CC(=O)N(c2ccccc2F)Cc2c(NCc3ccccc3)ncnc21. The van der Waals surface area contributed by atoms with Gasteiger partial charge in [-0.15, -0.1) is 0 Å². The van der Waals surface area contributed by atoms with Crippen LogP contribution < -0.4 is 15.1 Å². The molecule has 0 fully saturated rings. The lowest BCUT2D eigenvalue weighted by Crippen LogP contribution is -2.36. The van der Waals surface area contributed by atoms with Crippen LogP contribution in [0.4, 0.5) is 21.7 Å². The standard InChI is InChI=1S/C21H20FN5O/c1-26-13-19(28)27(18-10-6-5-9-17(18)22)12-16-20(24-14-25-21(16)26)23-11-15-7-3-2-4-8-15/h2-10,14H,11-13H2,1H3,(H,23,24,25). The van der Waals surface area contributed by atoms with Crippen LogP contribution in [0.15, 0.2) is 60.9 Å².